The maximum Gasteiger partial charge on any atom is 0.185 e. The Balaban J connectivity index is 1.92. The van der Waals surface area contributed by atoms with Crippen molar-refractivity contribution in [2.24, 2.45) is 0 Å². The number of carbonyl (C=O) groups excluding carboxylic acids is 1. The van der Waals surface area contributed by atoms with Gasteiger partial charge in [0.15, 0.2) is 17.3 Å². The lowest BCUT2D eigenvalue weighted by atomic mass is 9.98. The van der Waals surface area contributed by atoms with Crippen molar-refractivity contribution in [3.8, 4) is 17.2 Å². The van der Waals surface area contributed by atoms with Gasteiger partial charge in [-0.25, -0.2) is 0 Å². The van der Waals surface area contributed by atoms with Crippen molar-refractivity contribution in [2.75, 3.05) is 7.11 Å². The van der Waals surface area contributed by atoms with Gasteiger partial charge in [-0.2, -0.15) is 0 Å². The molecular weight excluding hydrogens is 432 g/mol. The lowest BCUT2D eigenvalue weighted by Gasteiger charge is -2.07. The van der Waals surface area contributed by atoms with Gasteiger partial charge in [-0.15, -0.1) is 0 Å². The van der Waals surface area contributed by atoms with Crippen molar-refractivity contribution in [3.63, 3.8) is 0 Å². The van der Waals surface area contributed by atoms with Crippen LogP contribution in [0.3, 0.4) is 0 Å². The molecule has 0 unspecified atom stereocenters. The van der Waals surface area contributed by atoms with E-state index in [9.17, 15) is 25.2 Å². The molecule has 6 heteroatoms. The zero-order chi connectivity index (χ0) is 24.5. The van der Waals surface area contributed by atoms with E-state index in [1.807, 2.05) is 30.3 Å². The van der Waals surface area contributed by atoms with Gasteiger partial charge in [0, 0.05) is 17.6 Å². The molecule has 0 aliphatic heterocycles. The molecule has 0 atom stereocenters. The summed E-state index contributed by atoms with van der Waals surface area (Å²) in [6.45, 7) is -0.325. The number of phenols is 2. The standard InChI is InChI=1S/C28H26O6/c1-34-28-17-21(10-14-27(28)33)9-13-26(32)23(16-19-5-3-2-4-6-19)25(31)12-8-20-7-11-24(30)22(15-20)18-29/h2-15,17,29-30,32-33H,16,18H2,1H3/b12-8+,13-9+,26-23-. The topological polar surface area (TPSA) is 107 Å². The second-order valence-electron chi connectivity index (χ2n) is 7.53. The number of methoxy groups -OCH3 is 1. The molecule has 0 spiro atoms. The number of hydrogen-bond donors (Lipinski definition) is 4. The second-order valence-corrected chi connectivity index (χ2v) is 7.53. The van der Waals surface area contributed by atoms with Crippen LogP contribution in [0.1, 0.15) is 22.3 Å². The minimum Gasteiger partial charge on any atom is -0.508 e. The molecule has 0 saturated heterocycles. The highest BCUT2D eigenvalue weighted by atomic mass is 16.5. The molecule has 0 aromatic heterocycles. The average molecular weight is 459 g/mol. The molecule has 0 radical (unpaired) electrons. The van der Waals surface area contributed by atoms with Crippen LogP contribution in [0.25, 0.3) is 12.2 Å². The number of carbonyl (C=O) groups is 1. The SMILES string of the molecule is COc1cc(/C=C/C(O)=C(\Cc2ccccc2)C(=O)/C=C/c2ccc(O)c(CO)c2)ccc1O. The summed E-state index contributed by atoms with van der Waals surface area (Å²) >= 11 is 0. The summed E-state index contributed by atoms with van der Waals surface area (Å²) < 4.78 is 5.10. The lowest BCUT2D eigenvalue weighted by molar-refractivity contribution is -0.111. The monoisotopic (exact) mass is 458 g/mol. The Morgan fingerprint density at radius 1 is 0.882 bits per heavy atom. The summed E-state index contributed by atoms with van der Waals surface area (Å²) in [5.74, 6) is -0.294. The Morgan fingerprint density at radius 2 is 1.53 bits per heavy atom. The van der Waals surface area contributed by atoms with Gasteiger partial charge in [0.25, 0.3) is 0 Å². The smallest absolute Gasteiger partial charge is 0.185 e. The molecule has 3 aromatic rings. The van der Waals surface area contributed by atoms with Crippen LogP contribution in [0.15, 0.2) is 90.2 Å². The third-order valence-corrected chi connectivity index (χ3v) is 5.17. The Labute approximate surface area is 198 Å². The fourth-order valence-electron chi connectivity index (χ4n) is 3.29. The molecule has 174 valence electrons. The van der Waals surface area contributed by atoms with Crippen LogP contribution in [0.2, 0.25) is 0 Å². The van der Waals surface area contributed by atoms with E-state index in [1.54, 1.807) is 36.4 Å². The number of aliphatic hydroxyl groups excluding tert-OH is 2. The molecule has 3 aromatic carbocycles. The van der Waals surface area contributed by atoms with Crippen molar-refractivity contribution < 1.29 is 30.0 Å². The minimum absolute atomic E-state index is 0.00285. The number of ether oxygens (including phenoxy) is 1. The zero-order valence-corrected chi connectivity index (χ0v) is 18.7. The largest absolute Gasteiger partial charge is 0.508 e. The summed E-state index contributed by atoms with van der Waals surface area (Å²) in [6.07, 6.45) is 6.18. The molecule has 0 aliphatic carbocycles. The molecule has 0 saturated carbocycles. The van der Waals surface area contributed by atoms with Crippen LogP contribution >= 0.6 is 0 Å². The van der Waals surface area contributed by atoms with Gasteiger partial charge in [0.2, 0.25) is 0 Å². The van der Waals surface area contributed by atoms with E-state index in [0.717, 1.165) is 5.56 Å². The Hall–Kier alpha value is -4.29. The van der Waals surface area contributed by atoms with Crippen LogP contribution in [-0.2, 0) is 17.8 Å². The van der Waals surface area contributed by atoms with Gasteiger partial charge < -0.3 is 25.2 Å². The number of benzene rings is 3. The first kappa shape index (κ1) is 24.4. The summed E-state index contributed by atoms with van der Waals surface area (Å²) in [5.41, 5.74) is 2.71. The summed E-state index contributed by atoms with van der Waals surface area (Å²) in [5, 5.41) is 39.6. The van der Waals surface area contributed by atoms with Crippen molar-refractivity contribution in [1.82, 2.24) is 0 Å². The van der Waals surface area contributed by atoms with Gasteiger partial charge in [0.1, 0.15) is 11.5 Å². The van der Waals surface area contributed by atoms with Crippen molar-refractivity contribution in [1.29, 1.82) is 0 Å². The van der Waals surface area contributed by atoms with E-state index < -0.39 is 0 Å². The minimum atomic E-state index is -0.382. The molecule has 0 aliphatic rings. The maximum atomic E-state index is 13.0. The van der Waals surface area contributed by atoms with Crippen molar-refractivity contribution in [3.05, 3.63) is 112 Å². The van der Waals surface area contributed by atoms with E-state index >= 15 is 0 Å². The van der Waals surface area contributed by atoms with Crippen molar-refractivity contribution in [2.45, 2.75) is 13.0 Å². The number of rotatable bonds is 9. The predicted molar refractivity (Wildman–Crippen MR) is 132 cm³/mol. The molecular formula is C28H26O6. The first-order valence-electron chi connectivity index (χ1n) is 10.6. The Morgan fingerprint density at radius 3 is 2.21 bits per heavy atom. The Kier molecular flexibility index (Phi) is 8.26. The third kappa shape index (κ3) is 6.37. The van der Waals surface area contributed by atoms with Crippen LogP contribution in [-0.4, -0.2) is 33.3 Å². The number of allylic oxidation sites excluding steroid dienone is 3. The molecule has 34 heavy (non-hydrogen) atoms. The first-order valence-corrected chi connectivity index (χ1v) is 10.6. The average Bonchev–Trinajstić information content (AvgIpc) is 2.86. The summed E-state index contributed by atoms with van der Waals surface area (Å²) in [4.78, 5) is 13.0. The summed E-state index contributed by atoms with van der Waals surface area (Å²) in [6, 6.07) is 18.7. The molecule has 0 heterocycles. The molecule has 4 N–H and O–H groups in total. The molecule has 3 rings (SSSR count). The number of hydrogen-bond acceptors (Lipinski definition) is 6. The fraction of sp³-hybridized carbons (Fsp3) is 0.107. The van der Waals surface area contributed by atoms with Crippen molar-refractivity contribution >= 4 is 17.9 Å². The highest BCUT2D eigenvalue weighted by Crippen LogP contribution is 2.27. The molecule has 0 bridgehead atoms. The predicted octanol–water partition coefficient (Wildman–Crippen LogP) is 4.95. The fourth-order valence-corrected chi connectivity index (χ4v) is 3.29. The van der Waals surface area contributed by atoms with Gasteiger partial charge in [-0.3, -0.25) is 4.79 Å². The second kappa shape index (κ2) is 11.5. The van der Waals surface area contributed by atoms with Crippen LogP contribution < -0.4 is 4.74 Å². The van der Waals surface area contributed by atoms with Crippen LogP contribution in [0, 0.1) is 0 Å². The van der Waals surface area contributed by atoms with Gasteiger partial charge >= 0.3 is 0 Å². The highest BCUT2D eigenvalue weighted by Gasteiger charge is 2.13. The van der Waals surface area contributed by atoms with E-state index in [4.69, 9.17) is 4.74 Å². The Bertz CT molecular complexity index is 1240. The van der Waals surface area contributed by atoms with Crippen LogP contribution in [0.4, 0.5) is 0 Å². The number of aliphatic hydroxyl groups is 2. The molecule has 6 nitrogen and oxygen atoms in total. The van der Waals surface area contributed by atoms with E-state index in [0.29, 0.717) is 22.4 Å². The number of aromatic hydroxyl groups is 2. The lowest BCUT2D eigenvalue weighted by Crippen LogP contribution is -2.06. The zero-order valence-electron chi connectivity index (χ0n) is 18.7. The maximum absolute atomic E-state index is 13.0. The van der Waals surface area contributed by atoms with E-state index in [-0.39, 0.29) is 41.6 Å². The number of ketones is 1. The van der Waals surface area contributed by atoms with E-state index in [1.165, 1.54) is 31.4 Å². The van der Waals surface area contributed by atoms with E-state index in [2.05, 4.69) is 0 Å². The highest BCUT2D eigenvalue weighted by molar-refractivity contribution is 6.07. The molecule has 0 fully saturated rings. The number of phenolic OH excluding ortho intramolecular Hbond substituents is 1. The first-order chi connectivity index (χ1) is 16.4. The normalized spacial score (nSPS) is 12.2. The van der Waals surface area contributed by atoms with Crippen LogP contribution in [0.5, 0.6) is 17.2 Å². The quantitative estimate of drug-likeness (QED) is 0.205. The van der Waals surface area contributed by atoms with Gasteiger partial charge in [-0.1, -0.05) is 54.6 Å². The summed E-state index contributed by atoms with van der Waals surface area (Å²) in [7, 11) is 1.44. The van der Waals surface area contributed by atoms with Gasteiger partial charge in [-0.05, 0) is 53.1 Å². The molecule has 0 amide bonds. The van der Waals surface area contributed by atoms with Gasteiger partial charge in [0.05, 0.1) is 13.7 Å². The third-order valence-electron chi connectivity index (χ3n) is 5.17.